The Bertz CT molecular complexity index is 583. The molecule has 94 valence electrons. The third-order valence-corrected chi connectivity index (χ3v) is 2.74. The Morgan fingerprint density at radius 2 is 2.17 bits per heavy atom. The summed E-state index contributed by atoms with van der Waals surface area (Å²) in [7, 11) is 0. The van der Waals surface area contributed by atoms with Gasteiger partial charge in [-0.2, -0.15) is 0 Å². The number of hydrogen-bond acceptors (Lipinski definition) is 3. The standard InChI is InChI=1S/C13H13ClN2O2/c14-10-3-1-2-9(6-10)12(17)8-16-11-4-5-15-13(18)7-11/h1-7,12,17H,8H2,(H2,15,16,18). The average molecular weight is 265 g/mol. The molecule has 5 heteroatoms. The molecule has 0 radical (unpaired) electrons. The molecule has 0 saturated heterocycles. The highest BCUT2D eigenvalue weighted by Gasteiger charge is 2.07. The average Bonchev–Trinajstić information content (AvgIpc) is 2.36. The second-order valence-corrected chi connectivity index (χ2v) is 4.33. The van der Waals surface area contributed by atoms with Crippen molar-refractivity contribution in [1.29, 1.82) is 0 Å². The van der Waals surface area contributed by atoms with Gasteiger partial charge in [-0.1, -0.05) is 23.7 Å². The molecule has 1 aromatic heterocycles. The van der Waals surface area contributed by atoms with Gasteiger partial charge in [-0.3, -0.25) is 4.79 Å². The number of aromatic nitrogens is 1. The van der Waals surface area contributed by atoms with E-state index >= 15 is 0 Å². The summed E-state index contributed by atoms with van der Waals surface area (Å²) in [6.45, 7) is 0.309. The summed E-state index contributed by atoms with van der Waals surface area (Å²) in [6, 6.07) is 10.2. The molecule has 3 N–H and O–H groups in total. The molecule has 1 atom stereocenters. The highest BCUT2D eigenvalue weighted by molar-refractivity contribution is 6.30. The second kappa shape index (κ2) is 5.71. The fraction of sp³-hybridized carbons (Fsp3) is 0.154. The Morgan fingerprint density at radius 1 is 1.33 bits per heavy atom. The van der Waals surface area contributed by atoms with Crippen LogP contribution >= 0.6 is 11.6 Å². The van der Waals surface area contributed by atoms with Gasteiger partial charge in [0.05, 0.1) is 6.10 Å². The Balaban J connectivity index is 2.00. The van der Waals surface area contributed by atoms with E-state index in [1.54, 1.807) is 36.5 Å². The van der Waals surface area contributed by atoms with Gasteiger partial charge in [-0.05, 0) is 23.8 Å². The lowest BCUT2D eigenvalue weighted by Crippen LogP contribution is -2.14. The lowest BCUT2D eigenvalue weighted by molar-refractivity contribution is 0.191. The third-order valence-electron chi connectivity index (χ3n) is 2.51. The molecule has 0 aliphatic carbocycles. The van der Waals surface area contributed by atoms with Crippen molar-refractivity contribution >= 4 is 17.3 Å². The van der Waals surface area contributed by atoms with Gasteiger partial charge in [-0.25, -0.2) is 0 Å². The molecule has 0 bridgehead atoms. The highest BCUT2D eigenvalue weighted by atomic mass is 35.5. The van der Waals surface area contributed by atoms with Crippen molar-refractivity contribution in [2.45, 2.75) is 6.10 Å². The van der Waals surface area contributed by atoms with Crippen molar-refractivity contribution in [3.8, 4) is 0 Å². The number of rotatable bonds is 4. The minimum Gasteiger partial charge on any atom is -0.387 e. The van der Waals surface area contributed by atoms with E-state index in [1.165, 1.54) is 6.07 Å². The molecule has 1 unspecified atom stereocenters. The number of pyridine rings is 1. The number of nitrogens with one attached hydrogen (secondary N) is 2. The zero-order valence-corrected chi connectivity index (χ0v) is 10.3. The summed E-state index contributed by atoms with van der Waals surface area (Å²) < 4.78 is 0. The van der Waals surface area contributed by atoms with Crippen molar-refractivity contribution in [3.05, 3.63) is 63.5 Å². The first-order chi connectivity index (χ1) is 8.65. The van der Waals surface area contributed by atoms with Crippen molar-refractivity contribution in [3.63, 3.8) is 0 Å². The largest absolute Gasteiger partial charge is 0.387 e. The number of hydrogen-bond donors (Lipinski definition) is 3. The van der Waals surface area contributed by atoms with Crippen molar-refractivity contribution in [2.24, 2.45) is 0 Å². The Kier molecular flexibility index (Phi) is 4.02. The van der Waals surface area contributed by atoms with Crippen LogP contribution in [0.5, 0.6) is 0 Å². The van der Waals surface area contributed by atoms with Gasteiger partial charge >= 0.3 is 0 Å². The smallest absolute Gasteiger partial charge is 0.249 e. The predicted molar refractivity (Wildman–Crippen MR) is 72.0 cm³/mol. The minimum absolute atomic E-state index is 0.183. The van der Waals surface area contributed by atoms with Crippen LogP contribution in [0.3, 0.4) is 0 Å². The van der Waals surface area contributed by atoms with Gasteiger partial charge in [0.15, 0.2) is 0 Å². The van der Waals surface area contributed by atoms with Crippen molar-refractivity contribution in [2.75, 3.05) is 11.9 Å². The van der Waals surface area contributed by atoms with E-state index in [1.807, 2.05) is 0 Å². The van der Waals surface area contributed by atoms with Gasteiger partial charge in [0.2, 0.25) is 5.56 Å². The van der Waals surface area contributed by atoms with Crippen LogP contribution in [0.4, 0.5) is 5.69 Å². The first-order valence-corrected chi connectivity index (χ1v) is 5.89. The maximum Gasteiger partial charge on any atom is 0.249 e. The zero-order chi connectivity index (χ0) is 13.0. The fourth-order valence-electron chi connectivity index (χ4n) is 1.60. The van der Waals surface area contributed by atoms with E-state index in [4.69, 9.17) is 11.6 Å². The number of aromatic amines is 1. The first kappa shape index (κ1) is 12.7. The molecule has 0 saturated carbocycles. The van der Waals surface area contributed by atoms with Crippen molar-refractivity contribution in [1.82, 2.24) is 4.98 Å². The number of aliphatic hydroxyl groups is 1. The summed E-state index contributed by atoms with van der Waals surface area (Å²) in [5.41, 5.74) is 1.22. The molecular formula is C13H13ClN2O2. The summed E-state index contributed by atoms with van der Waals surface area (Å²) in [4.78, 5) is 13.6. The lowest BCUT2D eigenvalue weighted by Gasteiger charge is -2.13. The van der Waals surface area contributed by atoms with E-state index in [0.717, 1.165) is 5.56 Å². The second-order valence-electron chi connectivity index (χ2n) is 3.89. The van der Waals surface area contributed by atoms with Crippen LogP contribution in [0.25, 0.3) is 0 Å². The van der Waals surface area contributed by atoms with E-state index in [-0.39, 0.29) is 5.56 Å². The van der Waals surface area contributed by atoms with E-state index < -0.39 is 6.10 Å². The number of halogens is 1. The molecule has 18 heavy (non-hydrogen) atoms. The molecule has 0 spiro atoms. The zero-order valence-electron chi connectivity index (χ0n) is 9.56. The number of aliphatic hydroxyl groups excluding tert-OH is 1. The molecule has 1 aromatic carbocycles. The van der Waals surface area contributed by atoms with E-state index in [0.29, 0.717) is 17.3 Å². The number of benzene rings is 1. The maximum absolute atomic E-state index is 11.1. The van der Waals surface area contributed by atoms with Crippen molar-refractivity contribution < 1.29 is 5.11 Å². The summed E-state index contributed by atoms with van der Waals surface area (Å²) in [5, 5.41) is 13.5. The van der Waals surface area contributed by atoms with Gasteiger partial charge in [0, 0.05) is 29.5 Å². The molecular weight excluding hydrogens is 252 g/mol. The number of H-pyrrole nitrogens is 1. The molecule has 0 aliphatic heterocycles. The molecule has 0 fully saturated rings. The number of anilines is 1. The van der Waals surface area contributed by atoms with Gasteiger partial charge in [-0.15, -0.1) is 0 Å². The molecule has 1 heterocycles. The van der Waals surface area contributed by atoms with Crippen LogP contribution in [0.15, 0.2) is 47.4 Å². The maximum atomic E-state index is 11.1. The van der Waals surface area contributed by atoms with Crippen LogP contribution in [0, 0.1) is 0 Å². The molecule has 2 aromatic rings. The van der Waals surface area contributed by atoms with Gasteiger partial charge in [0.25, 0.3) is 0 Å². The summed E-state index contributed by atoms with van der Waals surface area (Å²) in [6.07, 6.45) is 0.874. The summed E-state index contributed by atoms with van der Waals surface area (Å²) in [5.74, 6) is 0. The molecule has 0 amide bonds. The Hall–Kier alpha value is -1.78. The Morgan fingerprint density at radius 3 is 2.89 bits per heavy atom. The van der Waals surface area contributed by atoms with Crippen LogP contribution in [0.1, 0.15) is 11.7 Å². The quantitative estimate of drug-likeness (QED) is 0.793. The van der Waals surface area contributed by atoms with Gasteiger partial charge < -0.3 is 15.4 Å². The lowest BCUT2D eigenvalue weighted by atomic mass is 10.1. The monoisotopic (exact) mass is 264 g/mol. The van der Waals surface area contributed by atoms with Crippen LogP contribution in [0.2, 0.25) is 5.02 Å². The van der Waals surface area contributed by atoms with E-state index in [2.05, 4.69) is 10.3 Å². The normalized spacial score (nSPS) is 12.1. The Labute approximate surface area is 109 Å². The molecule has 2 rings (SSSR count). The summed E-state index contributed by atoms with van der Waals surface area (Å²) >= 11 is 5.85. The minimum atomic E-state index is -0.678. The predicted octanol–water partition coefficient (Wildman–Crippen LogP) is 2.17. The van der Waals surface area contributed by atoms with E-state index in [9.17, 15) is 9.90 Å². The molecule has 4 nitrogen and oxygen atoms in total. The van der Waals surface area contributed by atoms with Crippen LogP contribution in [-0.2, 0) is 0 Å². The van der Waals surface area contributed by atoms with Gasteiger partial charge in [0.1, 0.15) is 0 Å². The topological polar surface area (TPSA) is 65.1 Å². The fourth-order valence-corrected chi connectivity index (χ4v) is 1.80. The van der Waals surface area contributed by atoms with Crippen LogP contribution < -0.4 is 10.9 Å². The van der Waals surface area contributed by atoms with Crippen LogP contribution in [-0.4, -0.2) is 16.6 Å². The third kappa shape index (κ3) is 3.35. The highest BCUT2D eigenvalue weighted by Crippen LogP contribution is 2.18. The SMILES string of the molecule is O=c1cc(NCC(O)c2cccc(Cl)c2)cc[nH]1. The molecule has 0 aliphatic rings. The first-order valence-electron chi connectivity index (χ1n) is 5.51.